The van der Waals surface area contributed by atoms with Gasteiger partial charge < -0.3 is 29.5 Å². The number of halogens is 1. The molecule has 2 saturated heterocycles. The number of likely N-dealkylation sites (N-methyl/N-ethyl adjacent to an activating group) is 1. The van der Waals surface area contributed by atoms with Crippen LogP contribution < -0.4 is 0 Å². The van der Waals surface area contributed by atoms with Crippen molar-refractivity contribution in [1.29, 1.82) is 0 Å². The predicted molar refractivity (Wildman–Crippen MR) is 164 cm³/mol. The Morgan fingerprint density at radius 2 is 1.56 bits per heavy atom. The number of likely N-dealkylation sites (tertiary alicyclic amines) is 2. The normalized spacial score (nSPS) is 16.9. The van der Waals surface area contributed by atoms with E-state index in [2.05, 4.69) is 51.8 Å². The van der Waals surface area contributed by atoms with E-state index in [-0.39, 0.29) is 11.7 Å². The van der Waals surface area contributed by atoms with Crippen LogP contribution in [-0.4, -0.2) is 99.7 Å². The maximum Gasteiger partial charge on any atom is 0.414 e. The first-order chi connectivity index (χ1) is 20.7. The van der Waals surface area contributed by atoms with E-state index in [0.29, 0.717) is 18.5 Å². The highest BCUT2D eigenvalue weighted by Crippen LogP contribution is 2.29. The standard InChI is InChI=1S/C31H41FN4O.C2H2O4/c1-3-34-17-12-27(13-18-34)33(2)31(37)23-24-8-9-26-11-21-36(30(26)22-24)28-14-19-35(20-15-28)16-10-25-6-4-5-7-29(25)32;3-1(4)2(5)6/h4-9,11,21-22,27-28H,3,10,12-20,23H2,1-2H3;(H,3,4)(H,5,6). The number of hydrogen-bond donors (Lipinski definition) is 2. The molecule has 0 bridgehead atoms. The van der Waals surface area contributed by atoms with Crippen molar-refractivity contribution in [2.24, 2.45) is 0 Å². The fourth-order valence-corrected chi connectivity index (χ4v) is 6.15. The summed E-state index contributed by atoms with van der Waals surface area (Å²) in [6.45, 7) is 8.42. The molecule has 1 aromatic heterocycles. The summed E-state index contributed by atoms with van der Waals surface area (Å²) in [6.07, 6.45) is 7.73. The van der Waals surface area contributed by atoms with Crippen molar-refractivity contribution in [3.8, 4) is 0 Å². The van der Waals surface area contributed by atoms with E-state index in [1.807, 2.05) is 24.1 Å². The molecule has 3 aromatic rings. The van der Waals surface area contributed by atoms with E-state index in [0.717, 1.165) is 82.5 Å². The Balaban J connectivity index is 0.000000641. The van der Waals surface area contributed by atoms with Gasteiger partial charge in [-0.15, -0.1) is 0 Å². The summed E-state index contributed by atoms with van der Waals surface area (Å²) < 4.78 is 16.4. The van der Waals surface area contributed by atoms with Gasteiger partial charge in [0.2, 0.25) is 5.91 Å². The summed E-state index contributed by atoms with van der Waals surface area (Å²) in [5.74, 6) is -3.53. The first kappa shape index (κ1) is 32.2. The Bertz CT molecular complexity index is 1380. The van der Waals surface area contributed by atoms with Crippen molar-refractivity contribution in [1.82, 2.24) is 19.3 Å². The number of carbonyl (C=O) groups is 3. The molecule has 43 heavy (non-hydrogen) atoms. The number of aromatic nitrogens is 1. The van der Waals surface area contributed by atoms with Crippen LogP contribution in [0.25, 0.3) is 10.9 Å². The second-order valence-corrected chi connectivity index (χ2v) is 11.5. The maximum absolute atomic E-state index is 14.0. The van der Waals surface area contributed by atoms with Crippen molar-refractivity contribution in [2.45, 2.75) is 57.5 Å². The molecular formula is C33H43FN4O5. The SMILES string of the molecule is CCN1CCC(N(C)C(=O)Cc2ccc3ccn(C4CCN(CCc5ccccc5F)CC4)c3c2)CC1.O=C(O)C(=O)O. The third-order valence-corrected chi connectivity index (χ3v) is 8.88. The number of fused-ring (bicyclic) bond motifs is 1. The molecule has 0 aliphatic carbocycles. The van der Waals surface area contributed by atoms with Crippen molar-refractivity contribution in [2.75, 3.05) is 46.3 Å². The molecule has 0 spiro atoms. The van der Waals surface area contributed by atoms with Crippen LogP contribution in [0.3, 0.4) is 0 Å². The van der Waals surface area contributed by atoms with E-state index < -0.39 is 11.9 Å². The lowest BCUT2D eigenvalue weighted by Gasteiger charge is -2.36. The summed E-state index contributed by atoms with van der Waals surface area (Å²) in [6, 6.07) is 16.6. The van der Waals surface area contributed by atoms with Gasteiger partial charge in [-0.3, -0.25) is 4.79 Å². The zero-order valence-electron chi connectivity index (χ0n) is 25.1. The van der Waals surface area contributed by atoms with Crippen molar-refractivity contribution < 1.29 is 29.0 Å². The second-order valence-electron chi connectivity index (χ2n) is 11.5. The van der Waals surface area contributed by atoms with Gasteiger partial charge in [0.1, 0.15) is 5.82 Å². The van der Waals surface area contributed by atoms with Gasteiger partial charge in [-0.25, -0.2) is 14.0 Å². The van der Waals surface area contributed by atoms with Crippen LogP contribution in [0.15, 0.2) is 54.7 Å². The minimum Gasteiger partial charge on any atom is -0.473 e. The average Bonchev–Trinajstić information content (AvgIpc) is 3.44. The van der Waals surface area contributed by atoms with Gasteiger partial charge in [0, 0.05) is 63.6 Å². The van der Waals surface area contributed by atoms with Gasteiger partial charge in [0.25, 0.3) is 0 Å². The largest absolute Gasteiger partial charge is 0.473 e. The molecule has 10 heteroatoms. The van der Waals surface area contributed by atoms with Gasteiger partial charge in [-0.1, -0.05) is 37.3 Å². The number of carboxylic acids is 2. The topological polar surface area (TPSA) is 106 Å². The Morgan fingerprint density at radius 1 is 0.907 bits per heavy atom. The van der Waals surface area contributed by atoms with Crippen molar-refractivity contribution in [3.63, 3.8) is 0 Å². The summed E-state index contributed by atoms with van der Waals surface area (Å²) in [4.78, 5) is 38.2. The molecule has 2 aromatic carbocycles. The van der Waals surface area contributed by atoms with Crippen LogP contribution >= 0.6 is 0 Å². The fourth-order valence-electron chi connectivity index (χ4n) is 6.15. The summed E-state index contributed by atoms with van der Waals surface area (Å²) in [5, 5.41) is 16.0. The van der Waals surface area contributed by atoms with Crippen LogP contribution in [0.2, 0.25) is 0 Å². The van der Waals surface area contributed by atoms with Crippen LogP contribution in [0.5, 0.6) is 0 Å². The zero-order chi connectivity index (χ0) is 30.9. The molecule has 0 unspecified atom stereocenters. The summed E-state index contributed by atoms with van der Waals surface area (Å²) >= 11 is 0. The molecule has 2 N–H and O–H groups in total. The average molecular weight is 595 g/mol. The first-order valence-corrected chi connectivity index (χ1v) is 15.2. The molecule has 2 aliphatic heterocycles. The third-order valence-electron chi connectivity index (χ3n) is 8.88. The highest BCUT2D eigenvalue weighted by atomic mass is 19.1. The number of carbonyl (C=O) groups excluding carboxylic acids is 1. The predicted octanol–water partition coefficient (Wildman–Crippen LogP) is 4.30. The molecule has 232 valence electrons. The Labute approximate surface area is 252 Å². The molecule has 9 nitrogen and oxygen atoms in total. The lowest BCUT2D eigenvalue weighted by Crippen LogP contribution is -2.45. The first-order valence-electron chi connectivity index (χ1n) is 15.2. The van der Waals surface area contributed by atoms with E-state index in [9.17, 15) is 9.18 Å². The van der Waals surface area contributed by atoms with Crippen molar-refractivity contribution >= 4 is 28.7 Å². The number of benzene rings is 2. The van der Waals surface area contributed by atoms with Gasteiger partial charge in [-0.2, -0.15) is 0 Å². The molecule has 1 amide bonds. The number of rotatable bonds is 8. The van der Waals surface area contributed by atoms with Crippen LogP contribution in [0.1, 0.15) is 49.8 Å². The van der Waals surface area contributed by atoms with Gasteiger partial charge in [-0.05, 0) is 73.4 Å². The molecule has 2 fully saturated rings. The van der Waals surface area contributed by atoms with Gasteiger partial charge in [0.15, 0.2) is 0 Å². The quantitative estimate of drug-likeness (QED) is 0.375. The minimum atomic E-state index is -1.82. The molecular weight excluding hydrogens is 551 g/mol. The molecule has 5 rings (SSSR count). The number of carboxylic acid groups (broad SMARTS) is 2. The third kappa shape index (κ3) is 8.64. The summed E-state index contributed by atoms with van der Waals surface area (Å²) in [7, 11) is 1.98. The lowest BCUT2D eigenvalue weighted by molar-refractivity contribution is -0.159. The van der Waals surface area contributed by atoms with E-state index in [4.69, 9.17) is 19.8 Å². The molecule has 0 atom stereocenters. The Kier molecular flexibility index (Phi) is 11.3. The monoisotopic (exact) mass is 594 g/mol. The highest BCUT2D eigenvalue weighted by molar-refractivity contribution is 6.27. The van der Waals surface area contributed by atoms with Crippen LogP contribution in [0.4, 0.5) is 4.39 Å². The molecule has 0 radical (unpaired) electrons. The number of nitrogens with zero attached hydrogens (tertiary/aromatic N) is 4. The van der Waals surface area contributed by atoms with Crippen molar-refractivity contribution in [3.05, 3.63) is 71.7 Å². The number of amides is 1. The minimum absolute atomic E-state index is 0.0986. The fraction of sp³-hybridized carbons (Fsp3) is 0.485. The van der Waals surface area contributed by atoms with Gasteiger partial charge >= 0.3 is 11.9 Å². The van der Waals surface area contributed by atoms with Crippen LogP contribution in [-0.2, 0) is 27.2 Å². The molecule has 0 saturated carbocycles. The molecule has 2 aliphatic rings. The van der Waals surface area contributed by atoms with E-state index in [1.165, 1.54) is 10.9 Å². The van der Waals surface area contributed by atoms with E-state index >= 15 is 0 Å². The van der Waals surface area contributed by atoms with Gasteiger partial charge in [0.05, 0.1) is 6.42 Å². The Morgan fingerprint density at radius 3 is 2.19 bits per heavy atom. The smallest absolute Gasteiger partial charge is 0.414 e. The number of hydrogen-bond acceptors (Lipinski definition) is 5. The summed E-state index contributed by atoms with van der Waals surface area (Å²) in [5.41, 5.74) is 3.13. The Hall–Kier alpha value is -3.76. The number of piperidine rings is 2. The highest BCUT2D eigenvalue weighted by Gasteiger charge is 2.25. The molecule has 3 heterocycles. The lowest BCUT2D eigenvalue weighted by atomic mass is 10.0. The second kappa shape index (κ2) is 15.1. The number of aliphatic carboxylic acids is 2. The van der Waals surface area contributed by atoms with Crippen LogP contribution in [0, 0.1) is 5.82 Å². The zero-order valence-corrected chi connectivity index (χ0v) is 25.1. The maximum atomic E-state index is 14.0. The van der Waals surface area contributed by atoms with E-state index in [1.54, 1.807) is 12.1 Å².